The molecule has 0 amide bonds. The zero-order valence-electron chi connectivity index (χ0n) is 13.2. The fraction of sp³-hybridized carbons (Fsp3) is 0.312. The zero-order chi connectivity index (χ0) is 19.9. The van der Waals surface area contributed by atoms with Crippen LogP contribution in [0, 0.1) is 19.9 Å². The van der Waals surface area contributed by atoms with Gasteiger partial charge in [-0.2, -0.15) is 30.7 Å². The van der Waals surface area contributed by atoms with Crippen molar-refractivity contribution in [2.24, 2.45) is 0 Å². The Morgan fingerprint density at radius 3 is 2.15 bits per heavy atom. The molecule has 1 aromatic heterocycles. The first-order valence-electron chi connectivity index (χ1n) is 6.93. The van der Waals surface area contributed by atoms with E-state index >= 15 is 0 Å². The lowest BCUT2D eigenvalue weighted by molar-refractivity contribution is -0.330. The van der Waals surface area contributed by atoms with E-state index in [-0.39, 0.29) is 16.3 Å². The average molecular weight is 417 g/mol. The molecule has 0 spiro atoms. The fourth-order valence-corrected chi connectivity index (χ4v) is 3.42. The molecule has 0 aliphatic heterocycles. The van der Waals surface area contributed by atoms with Crippen LogP contribution in [-0.4, -0.2) is 22.3 Å². The Kier molecular flexibility index (Phi) is 5.54. The van der Waals surface area contributed by atoms with Gasteiger partial charge in [-0.1, -0.05) is 11.6 Å². The molecule has 0 unspecified atom stereocenters. The predicted octanol–water partition coefficient (Wildman–Crippen LogP) is 6.70. The summed E-state index contributed by atoms with van der Waals surface area (Å²) in [4.78, 5) is 3.32. The molecule has 26 heavy (non-hydrogen) atoms. The number of benzene rings is 1. The summed E-state index contributed by atoms with van der Waals surface area (Å²) in [6.07, 6.45) is -5.19. The summed E-state index contributed by atoms with van der Waals surface area (Å²) >= 11 is 4.80. The third-order valence-corrected chi connectivity index (χ3v) is 4.61. The maximum absolute atomic E-state index is 13.9. The van der Waals surface area contributed by atoms with E-state index in [0.717, 1.165) is 6.07 Å². The first kappa shape index (κ1) is 20.8. The number of rotatable bonds is 4. The first-order chi connectivity index (χ1) is 11.8. The summed E-state index contributed by atoms with van der Waals surface area (Å²) in [7, 11) is 0. The Hall–Kier alpha value is -1.48. The van der Waals surface area contributed by atoms with Crippen LogP contribution < -0.4 is 0 Å². The number of hydrogen-bond acceptors (Lipinski definition) is 2. The van der Waals surface area contributed by atoms with Crippen LogP contribution in [0.1, 0.15) is 11.1 Å². The molecule has 0 aliphatic carbocycles. The quantitative estimate of drug-likeness (QED) is 0.312. The lowest BCUT2D eigenvalue weighted by atomic mass is 10.00. The van der Waals surface area contributed by atoms with E-state index in [9.17, 15) is 30.7 Å². The first-order valence-corrected chi connectivity index (χ1v) is 8.12. The molecule has 1 aromatic carbocycles. The third-order valence-electron chi connectivity index (χ3n) is 3.33. The van der Waals surface area contributed by atoms with Gasteiger partial charge >= 0.3 is 17.4 Å². The lowest BCUT2D eigenvalue weighted by Gasteiger charge is -2.28. The summed E-state index contributed by atoms with van der Waals surface area (Å²) < 4.78 is 91.4. The second kappa shape index (κ2) is 6.92. The number of nitrogens with zero attached hydrogens (tertiary/aromatic N) is 1. The molecular weight excluding hydrogens is 407 g/mol. The van der Waals surface area contributed by atoms with Gasteiger partial charge in [0.05, 0.1) is 0 Å². The number of aryl methyl sites for hydroxylation is 2. The van der Waals surface area contributed by atoms with Gasteiger partial charge in [0.2, 0.25) is 0 Å². The number of halogens is 8. The van der Waals surface area contributed by atoms with E-state index in [1.807, 2.05) is 0 Å². The minimum absolute atomic E-state index is 0.0300. The molecule has 1 radical (unpaired) electrons. The van der Waals surface area contributed by atoms with Crippen LogP contribution in [0.15, 0.2) is 29.3 Å². The summed E-state index contributed by atoms with van der Waals surface area (Å²) in [5, 5.41) is -5.31. The van der Waals surface area contributed by atoms with Crippen molar-refractivity contribution in [2.75, 3.05) is 0 Å². The van der Waals surface area contributed by atoms with Crippen molar-refractivity contribution in [2.45, 2.75) is 36.1 Å². The highest BCUT2D eigenvalue weighted by molar-refractivity contribution is 8.00. The van der Waals surface area contributed by atoms with Gasteiger partial charge in [-0.25, -0.2) is 4.98 Å². The Labute approximate surface area is 153 Å². The van der Waals surface area contributed by atoms with Gasteiger partial charge in [0, 0.05) is 22.2 Å². The van der Waals surface area contributed by atoms with Crippen molar-refractivity contribution in [3.8, 4) is 11.1 Å². The van der Waals surface area contributed by atoms with E-state index in [1.54, 1.807) is 0 Å². The average Bonchev–Trinajstić information content (AvgIpc) is 2.46. The molecular formula is C16H10ClF7NS. The Balaban J connectivity index is 2.58. The van der Waals surface area contributed by atoms with Crippen LogP contribution in [0.2, 0.25) is 5.15 Å². The highest BCUT2D eigenvalue weighted by atomic mass is 35.5. The second-order valence-corrected chi connectivity index (χ2v) is 6.92. The Morgan fingerprint density at radius 2 is 1.65 bits per heavy atom. The molecule has 0 N–H and O–H groups in total. The van der Waals surface area contributed by atoms with Crippen LogP contribution in [0.3, 0.4) is 0 Å². The lowest BCUT2D eigenvalue weighted by Crippen LogP contribution is -2.49. The molecule has 2 rings (SSSR count). The topological polar surface area (TPSA) is 12.9 Å². The van der Waals surface area contributed by atoms with Crippen molar-refractivity contribution in [3.05, 3.63) is 46.7 Å². The van der Waals surface area contributed by atoms with E-state index in [1.165, 1.54) is 32.2 Å². The van der Waals surface area contributed by atoms with Crippen molar-refractivity contribution >= 4 is 23.4 Å². The minimum Gasteiger partial charge on any atom is -0.244 e. The van der Waals surface area contributed by atoms with E-state index in [4.69, 9.17) is 11.6 Å². The second-order valence-electron chi connectivity index (χ2n) is 5.38. The summed E-state index contributed by atoms with van der Waals surface area (Å²) in [6, 6.07) is 6.62. The van der Waals surface area contributed by atoms with Gasteiger partial charge in [-0.15, -0.1) is 0 Å². The van der Waals surface area contributed by atoms with Crippen molar-refractivity contribution in [1.82, 2.24) is 4.98 Å². The monoisotopic (exact) mass is 416 g/mol. The molecule has 1 nitrogen and oxygen atoms in total. The molecule has 1 heterocycles. The Morgan fingerprint density at radius 1 is 1.04 bits per heavy atom. The normalized spacial score (nSPS) is 13.2. The third kappa shape index (κ3) is 3.93. The Bertz CT molecular complexity index is 803. The van der Waals surface area contributed by atoms with Gasteiger partial charge < -0.3 is 0 Å². The van der Waals surface area contributed by atoms with Gasteiger partial charge in [0.25, 0.3) is 0 Å². The smallest absolute Gasteiger partial charge is 0.244 e. The van der Waals surface area contributed by atoms with Gasteiger partial charge in [-0.3, -0.25) is 0 Å². The van der Waals surface area contributed by atoms with Crippen LogP contribution in [0.25, 0.3) is 11.1 Å². The number of thioether (sulfide) groups is 1. The van der Waals surface area contributed by atoms with Crippen molar-refractivity contribution in [3.63, 3.8) is 0 Å². The van der Waals surface area contributed by atoms with Gasteiger partial charge in [-0.05, 0) is 61.0 Å². The fourth-order valence-electron chi connectivity index (χ4n) is 2.18. The molecule has 0 atom stereocenters. The highest BCUT2D eigenvalue weighted by Gasteiger charge is 2.73. The minimum atomic E-state index is -6.39. The van der Waals surface area contributed by atoms with E-state index in [2.05, 4.69) is 11.1 Å². The molecule has 0 bridgehead atoms. The molecule has 141 valence electrons. The molecule has 0 saturated heterocycles. The number of pyridine rings is 1. The molecule has 10 heteroatoms. The maximum Gasteiger partial charge on any atom is 0.460 e. The highest BCUT2D eigenvalue weighted by Crippen LogP contribution is 2.55. The summed E-state index contributed by atoms with van der Waals surface area (Å²) in [5.74, 6) is -6.21. The van der Waals surface area contributed by atoms with Crippen molar-refractivity contribution < 1.29 is 30.7 Å². The number of alkyl halides is 7. The van der Waals surface area contributed by atoms with Crippen LogP contribution in [0.4, 0.5) is 30.7 Å². The predicted molar refractivity (Wildman–Crippen MR) is 84.8 cm³/mol. The van der Waals surface area contributed by atoms with Crippen molar-refractivity contribution in [1.29, 1.82) is 0 Å². The molecule has 2 aromatic rings. The van der Waals surface area contributed by atoms with Gasteiger partial charge in [0.15, 0.2) is 0 Å². The SMILES string of the molecule is Cc1[c]c(C)c(-c2ccc(Cl)nc2)c(SC(F)(F)C(F)(F)C(F)(F)F)c1. The standard InChI is InChI=1S/C16H10ClF7NS/c1-8-5-9(2)13(10-3-4-12(17)25-7-10)11(6-8)26-16(23,24)14(18,19)15(20,21)22/h3-4,6-7H,1-2H3. The van der Waals surface area contributed by atoms with E-state index < -0.39 is 34.0 Å². The molecule has 0 saturated carbocycles. The molecule has 0 aliphatic rings. The van der Waals surface area contributed by atoms with E-state index in [0.29, 0.717) is 11.1 Å². The molecule has 0 fully saturated rings. The number of hydrogen-bond donors (Lipinski definition) is 0. The largest absolute Gasteiger partial charge is 0.460 e. The zero-order valence-corrected chi connectivity index (χ0v) is 14.8. The van der Waals surface area contributed by atoms with Crippen LogP contribution >= 0.6 is 23.4 Å². The van der Waals surface area contributed by atoms with Crippen LogP contribution in [0.5, 0.6) is 0 Å². The van der Waals surface area contributed by atoms with Gasteiger partial charge in [0.1, 0.15) is 5.15 Å². The summed E-state index contributed by atoms with van der Waals surface area (Å²) in [6.45, 7) is 2.93. The van der Waals surface area contributed by atoms with Crippen LogP contribution in [-0.2, 0) is 0 Å². The summed E-state index contributed by atoms with van der Waals surface area (Å²) in [5.41, 5.74) is 0.865. The maximum atomic E-state index is 13.9. The number of aromatic nitrogens is 1.